The Morgan fingerprint density at radius 3 is 2.58 bits per heavy atom. The van der Waals surface area contributed by atoms with Gasteiger partial charge in [0.1, 0.15) is 10.9 Å². The van der Waals surface area contributed by atoms with E-state index in [1.54, 1.807) is 18.0 Å². The third kappa shape index (κ3) is 4.54. The summed E-state index contributed by atoms with van der Waals surface area (Å²) in [5, 5.41) is 10.5. The molecule has 0 fully saturated rings. The van der Waals surface area contributed by atoms with Gasteiger partial charge < -0.3 is 9.67 Å². The topological polar surface area (TPSA) is 50.9 Å². The summed E-state index contributed by atoms with van der Waals surface area (Å²) in [4.78, 5) is 10.4. The first-order chi connectivity index (χ1) is 12.7. The van der Waals surface area contributed by atoms with Crippen molar-refractivity contribution in [1.29, 1.82) is 0 Å². The number of aliphatic hydroxyl groups excluding tert-OH is 1. The zero-order chi connectivity index (χ0) is 18.4. The lowest BCUT2D eigenvalue weighted by Crippen LogP contribution is -2.07. The van der Waals surface area contributed by atoms with Gasteiger partial charge in [-0.3, -0.25) is 4.98 Å². The van der Waals surface area contributed by atoms with Crippen LogP contribution in [0.4, 0.5) is 0 Å². The van der Waals surface area contributed by atoms with E-state index in [0.717, 1.165) is 36.5 Å². The number of aromatic nitrogens is 3. The Bertz CT molecular complexity index is 816. The molecule has 0 amide bonds. The molecular weight excluding hydrogens is 342 g/mol. The van der Waals surface area contributed by atoms with Crippen molar-refractivity contribution in [3.8, 4) is 0 Å². The fourth-order valence-electron chi connectivity index (χ4n) is 2.85. The number of imidazole rings is 1. The van der Waals surface area contributed by atoms with Gasteiger partial charge in [0, 0.05) is 30.3 Å². The second kappa shape index (κ2) is 9.01. The van der Waals surface area contributed by atoms with Crippen molar-refractivity contribution < 1.29 is 5.11 Å². The largest absolute Gasteiger partial charge is 0.396 e. The number of hydrogen-bond acceptors (Lipinski definition) is 4. The summed E-state index contributed by atoms with van der Waals surface area (Å²) in [7, 11) is 0. The molecular formula is C21H25N3OS. The number of hydrogen-bond donors (Lipinski definition) is 1. The third-order valence-corrected chi connectivity index (χ3v) is 5.28. The van der Waals surface area contributed by atoms with Gasteiger partial charge in [-0.25, -0.2) is 4.98 Å². The summed E-state index contributed by atoms with van der Waals surface area (Å²) in [6.07, 6.45) is 5.19. The zero-order valence-corrected chi connectivity index (χ0v) is 16.1. The van der Waals surface area contributed by atoms with Gasteiger partial charge in [-0.15, -0.1) is 0 Å². The maximum Gasteiger partial charge on any atom is 0.110 e. The third-order valence-electron chi connectivity index (χ3n) is 4.15. The number of rotatable bonds is 8. The molecule has 1 aromatic carbocycles. The first-order valence-electron chi connectivity index (χ1n) is 9.01. The Kier molecular flexibility index (Phi) is 6.47. The van der Waals surface area contributed by atoms with Crippen molar-refractivity contribution in [2.45, 2.75) is 49.1 Å². The van der Waals surface area contributed by atoms with E-state index in [4.69, 9.17) is 4.98 Å². The molecule has 0 aliphatic carbocycles. The Hall–Kier alpha value is -2.11. The first-order valence-corrected chi connectivity index (χ1v) is 9.82. The smallest absolute Gasteiger partial charge is 0.110 e. The maximum atomic E-state index is 9.28. The van der Waals surface area contributed by atoms with Crippen LogP contribution >= 0.6 is 11.8 Å². The quantitative estimate of drug-likeness (QED) is 0.636. The molecule has 3 rings (SSSR count). The SMILES string of the molecule is CC(C)c1nc(CCCO)n(Cc2cccnc2)c1Sc1ccccc1. The van der Waals surface area contributed by atoms with Crippen molar-refractivity contribution in [2.75, 3.05) is 6.61 Å². The molecule has 0 aliphatic heterocycles. The number of aliphatic hydroxyl groups is 1. The predicted molar refractivity (Wildman–Crippen MR) is 106 cm³/mol. The highest BCUT2D eigenvalue weighted by Crippen LogP contribution is 2.35. The van der Waals surface area contributed by atoms with Crippen LogP contribution in [0.2, 0.25) is 0 Å². The minimum absolute atomic E-state index is 0.178. The van der Waals surface area contributed by atoms with E-state index in [1.807, 2.05) is 18.3 Å². The van der Waals surface area contributed by atoms with Crippen LogP contribution in [0.5, 0.6) is 0 Å². The molecule has 26 heavy (non-hydrogen) atoms. The average molecular weight is 368 g/mol. The van der Waals surface area contributed by atoms with Crippen molar-refractivity contribution >= 4 is 11.8 Å². The van der Waals surface area contributed by atoms with E-state index in [2.05, 4.69) is 53.7 Å². The van der Waals surface area contributed by atoms with E-state index in [1.165, 1.54) is 9.92 Å². The molecule has 0 aliphatic rings. The highest BCUT2D eigenvalue weighted by molar-refractivity contribution is 7.99. The predicted octanol–water partition coefficient (Wildman–Crippen LogP) is 4.53. The standard InChI is InChI=1S/C21H25N3OS/c1-16(2)20-21(26-18-9-4-3-5-10-18)24(19(23-20)11-7-13-25)15-17-8-6-12-22-14-17/h3-6,8-10,12,14,16,25H,7,11,13,15H2,1-2H3. The monoisotopic (exact) mass is 367 g/mol. The summed E-state index contributed by atoms with van der Waals surface area (Å²) in [5.41, 5.74) is 2.27. The van der Waals surface area contributed by atoms with Crippen molar-refractivity contribution in [1.82, 2.24) is 14.5 Å². The summed E-state index contributed by atoms with van der Waals surface area (Å²) in [6, 6.07) is 14.5. The molecule has 0 unspecified atom stereocenters. The average Bonchev–Trinajstić information content (AvgIpc) is 2.99. The Morgan fingerprint density at radius 2 is 1.92 bits per heavy atom. The molecule has 0 atom stereocenters. The van der Waals surface area contributed by atoms with Crippen LogP contribution in [-0.4, -0.2) is 26.2 Å². The molecule has 0 saturated heterocycles. The lowest BCUT2D eigenvalue weighted by atomic mass is 10.1. The van der Waals surface area contributed by atoms with E-state index < -0.39 is 0 Å². The summed E-state index contributed by atoms with van der Waals surface area (Å²) in [6.45, 7) is 5.28. The van der Waals surface area contributed by atoms with Gasteiger partial charge >= 0.3 is 0 Å². The molecule has 0 radical (unpaired) electrons. The molecule has 2 aromatic heterocycles. The lowest BCUT2D eigenvalue weighted by molar-refractivity contribution is 0.287. The van der Waals surface area contributed by atoms with Gasteiger partial charge in [0.15, 0.2) is 0 Å². The number of benzene rings is 1. The second-order valence-electron chi connectivity index (χ2n) is 6.56. The molecule has 5 heteroatoms. The van der Waals surface area contributed by atoms with E-state index >= 15 is 0 Å². The fourth-order valence-corrected chi connectivity index (χ4v) is 4.03. The van der Waals surface area contributed by atoms with Crippen LogP contribution in [0.3, 0.4) is 0 Å². The fraction of sp³-hybridized carbons (Fsp3) is 0.333. The Balaban J connectivity index is 2.03. The van der Waals surface area contributed by atoms with E-state index in [9.17, 15) is 5.11 Å². The molecule has 0 saturated carbocycles. The highest BCUT2D eigenvalue weighted by atomic mass is 32.2. The Morgan fingerprint density at radius 1 is 1.12 bits per heavy atom. The minimum Gasteiger partial charge on any atom is -0.396 e. The molecule has 2 heterocycles. The van der Waals surface area contributed by atoms with Crippen LogP contribution < -0.4 is 0 Å². The first kappa shape index (κ1) is 18.7. The molecule has 0 spiro atoms. The van der Waals surface area contributed by atoms with Crippen LogP contribution in [0, 0.1) is 0 Å². The van der Waals surface area contributed by atoms with E-state index in [0.29, 0.717) is 5.92 Å². The second-order valence-corrected chi connectivity index (χ2v) is 7.63. The molecule has 0 bridgehead atoms. The molecule has 4 nitrogen and oxygen atoms in total. The number of aryl methyl sites for hydroxylation is 1. The maximum absolute atomic E-state index is 9.28. The summed E-state index contributed by atoms with van der Waals surface area (Å²) >= 11 is 1.76. The van der Waals surface area contributed by atoms with Gasteiger partial charge in [-0.05, 0) is 36.1 Å². The molecule has 3 aromatic rings. The highest BCUT2D eigenvalue weighted by Gasteiger charge is 2.20. The van der Waals surface area contributed by atoms with Crippen LogP contribution in [-0.2, 0) is 13.0 Å². The minimum atomic E-state index is 0.178. The van der Waals surface area contributed by atoms with E-state index in [-0.39, 0.29) is 6.61 Å². The summed E-state index contributed by atoms with van der Waals surface area (Å²) in [5.74, 6) is 1.37. The van der Waals surface area contributed by atoms with Crippen molar-refractivity contribution in [3.05, 3.63) is 71.9 Å². The normalized spacial score (nSPS) is 11.2. The zero-order valence-electron chi connectivity index (χ0n) is 15.3. The summed E-state index contributed by atoms with van der Waals surface area (Å²) < 4.78 is 2.29. The van der Waals surface area contributed by atoms with Gasteiger partial charge in [0.05, 0.1) is 12.2 Å². The molecule has 136 valence electrons. The van der Waals surface area contributed by atoms with Crippen LogP contribution in [0.1, 0.15) is 43.3 Å². The lowest BCUT2D eigenvalue weighted by Gasteiger charge is -2.13. The van der Waals surface area contributed by atoms with Gasteiger partial charge in [-0.1, -0.05) is 49.9 Å². The Labute approximate surface area is 159 Å². The molecule has 1 N–H and O–H groups in total. The number of pyridine rings is 1. The van der Waals surface area contributed by atoms with Crippen molar-refractivity contribution in [2.24, 2.45) is 0 Å². The van der Waals surface area contributed by atoms with Gasteiger partial charge in [0.2, 0.25) is 0 Å². The number of nitrogens with zero attached hydrogens (tertiary/aromatic N) is 3. The van der Waals surface area contributed by atoms with Gasteiger partial charge in [0.25, 0.3) is 0 Å². The van der Waals surface area contributed by atoms with Gasteiger partial charge in [-0.2, -0.15) is 0 Å². The van der Waals surface area contributed by atoms with Crippen molar-refractivity contribution in [3.63, 3.8) is 0 Å². The van der Waals surface area contributed by atoms with Crippen LogP contribution in [0.25, 0.3) is 0 Å². The van der Waals surface area contributed by atoms with Crippen LogP contribution in [0.15, 0.2) is 64.8 Å².